The molecule has 0 aromatic heterocycles. The lowest BCUT2D eigenvalue weighted by Crippen LogP contribution is -2.26. The van der Waals surface area contributed by atoms with Crippen LogP contribution in [0.25, 0.3) is 0 Å². The van der Waals surface area contributed by atoms with Crippen molar-refractivity contribution in [2.45, 2.75) is 50.5 Å². The van der Waals surface area contributed by atoms with Gasteiger partial charge in [0, 0.05) is 17.1 Å². The third-order valence-electron chi connectivity index (χ3n) is 4.62. The zero-order valence-corrected chi connectivity index (χ0v) is 15.3. The van der Waals surface area contributed by atoms with Gasteiger partial charge in [0.1, 0.15) is 0 Å². The van der Waals surface area contributed by atoms with Crippen molar-refractivity contribution < 1.29 is 4.79 Å². The quantitative estimate of drug-likeness (QED) is 0.763. The lowest BCUT2D eigenvalue weighted by molar-refractivity contribution is -0.121. The van der Waals surface area contributed by atoms with Crippen molar-refractivity contribution in [1.29, 1.82) is 0 Å². The van der Waals surface area contributed by atoms with Gasteiger partial charge in [-0.15, -0.1) is 11.8 Å². The first-order chi connectivity index (χ1) is 11.6. The molecule has 0 saturated heterocycles. The van der Waals surface area contributed by atoms with Crippen LogP contribution in [0.5, 0.6) is 0 Å². The predicted molar refractivity (Wildman–Crippen MR) is 102 cm³/mol. The Hall–Kier alpha value is -1.74. The summed E-state index contributed by atoms with van der Waals surface area (Å²) in [6.45, 7) is 4.16. The molecule has 24 heavy (non-hydrogen) atoms. The van der Waals surface area contributed by atoms with E-state index >= 15 is 0 Å². The zero-order valence-electron chi connectivity index (χ0n) is 14.5. The van der Waals surface area contributed by atoms with Crippen LogP contribution in [0, 0.1) is 6.92 Å². The molecule has 3 heteroatoms. The van der Waals surface area contributed by atoms with Crippen molar-refractivity contribution in [1.82, 2.24) is 5.32 Å². The average Bonchev–Trinajstić information content (AvgIpc) is 3.04. The first-order valence-electron chi connectivity index (χ1n) is 8.72. The minimum atomic E-state index is 0.0766. The average molecular weight is 340 g/mol. The fourth-order valence-corrected chi connectivity index (χ4v) is 4.01. The molecule has 1 aliphatic rings. The molecule has 1 amide bonds. The lowest BCUT2D eigenvalue weighted by atomic mass is 10.0. The van der Waals surface area contributed by atoms with Gasteiger partial charge in [-0.25, -0.2) is 0 Å². The van der Waals surface area contributed by atoms with Crippen molar-refractivity contribution in [3.63, 3.8) is 0 Å². The Morgan fingerprint density at radius 2 is 1.88 bits per heavy atom. The van der Waals surface area contributed by atoms with E-state index in [-0.39, 0.29) is 11.9 Å². The minimum Gasteiger partial charge on any atom is -0.350 e. The molecule has 0 aliphatic heterocycles. The summed E-state index contributed by atoms with van der Waals surface area (Å²) in [6.07, 6.45) is 4.19. The molecule has 1 N–H and O–H groups in total. The van der Waals surface area contributed by atoms with E-state index in [0.29, 0.717) is 6.42 Å². The molecule has 0 fully saturated rings. The molecule has 0 unspecified atom stereocenters. The first-order valence-corrected chi connectivity index (χ1v) is 9.71. The Morgan fingerprint density at radius 1 is 1.12 bits per heavy atom. The number of amides is 1. The summed E-state index contributed by atoms with van der Waals surface area (Å²) in [5, 5.41) is 3.13. The van der Waals surface area contributed by atoms with Crippen molar-refractivity contribution in [2.24, 2.45) is 0 Å². The molecule has 2 aromatic carbocycles. The maximum absolute atomic E-state index is 12.2. The predicted octanol–water partition coefficient (Wildman–Crippen LogP) is 4.84. The van der Waals surface area contributed by atoms with E-state index in [0.717, 1.165) is 5.75 Å². The number of rotatable bonds is 6. The summed E-state index contributed by atoms with van der Waals surface area (Å²) in [5.74, 6) is 0.939. The van der Waals surface area contributed by atoms with Crippen LogP contribution in [0.15, 0.2) is 47.4 Å². The molecule has 3 rings (SSSR count). The Kier molecular flexibility index (Phi) is 5.62. The van der Waals surface area contributed by atoms with Crippen molar-refractivity contribution in [3.8, 4) is 0 Å². The minimum absolute atomic E-state index is 0.0766. The highest BCUT2D eigenvalue weighted by Gasteiger charge is 2.14. The smallest absolute Gasteiger partial charge is 0.221 e. The monoisotopic (exact) mass is 339 g/mol. The van der Waals surface area contributed by atoms with Crippen LogP contribution >= 0.6 is 11.8 Å². The van der Waals surface area contributed by atoms with Crippen LogP contribution in [0.2, 0.25) is 0 Å². The lowest BCUT2D eigenvalue weighted by Gasteiger charge is -2.15. The molecule has 1 aliphatic carbocycles. The Bertz CT molecular complexity index is 708. The maximum atomic E-state index is 12.2. The van der Waals surface area contributed by atoms with Gasteiger partial charge in [-0.05, 0) is 61.9 Å². The molecule has 0 saturated carbocycles. The van der Waals surface area contributed by atoms with Gasteiger partial charge in [0.05, 0.1) is 6.04 Å². The zero-order chi connectivity index (χ0) is 16.9. The summed E-state index contributed by atoms with van der Waals surface area (Å²) >= 11 is 1.74. The SMILES string of the molecule is Cc1ccc(SCCC(=O)N[C@H](C)c2ccc3c(c2)CCC3)cc1. The van der Waals surface area contributed by atoms with Gasteiger partial charge in [-0.1, -0.05) is 35.9 Å². The highest BCUT2D eigenvalue weighted by Crippen LogP contribution is 2.25. The Balaban J connectivity index is 1.46. The van der Waals surface area contributed by atoms with Gasteiger partial charge in [-0.2, -0.15) is 0 Å². The number of carbonyl (C=O) groups excluding carboxylic acids is 1. The van der Waals surface area contributed by atoms with Crippen LogP contribution in [0.3, 0.4) is 0 Å². The molecule has 0 spiro atoms. The summed E-state index contributed by atoms with van der Waals surface area (Å²) in [6, 6.07) is 15.2. The number of carbonyl (C=O) groups is 1. The Morgan fingerprint density at radius 3 is 2.67 bits per heavy atom. The van der Waals surface area contributed by atoms with E-state index in [1.165, 1.54) is 46.4 Å². The van der Waals surface area contributed by atoms with Crippen molar-refractivity contribution >= 4 is 17.7 Å². The molecule has 0 radical (unpaired) electrons. The van der Waals surface area contributed by atoms with Gasteiger partial charge in [-0.3, -0.25) is 4.79 Å². The van der Waals surface area contributed by atoms with Crippen LogP contribution < -0.4 is 5.32 Å². The number of aryl methyl sites for hydroxylation is 3. The van der Waals surface area contributed by atoms with Crippen molar-refractivity contribution in [2.75, 3.05) is 5.75 Å². The molecule has 126 valence electrons. The van der Waals surface area contributed by atoms with Crippen LogP contribution in [0.1, 0.15) is 48.1 Å². The molecule has 0 heterocycles. The second-order valence-corrected chi connectivity index (χ2v) is 7.75. The van der Waals surface area contributed by atoms with Crippen molar-refractivity contribution in [3.05, 3.63) is 64.7 Å². The van der Waals surface area contributed by atoms with Crippen LogP contribution in [-0.4, -0.2) is 11.7 Å². The summed E-state index contributed by atoms with van der Waals surface area (Å²) in [4.78, 5) is 13.4. The van der Waals surface area contributed by atoms with Crippen LogP contribution in [-0.2, 0) is 17.6 Å². The fourth-order valence-electron chi connectivity index (χ4n) is 3.15. The molecule has 1 atom stereocenters. The number of hydrogen-bond acceptors (Lipinski definition) is 2. The van der Waals surface area contributed by atoms with E-state index in [1.807, 2.05) is 0 Å². The number of thioether (sulfide) groups is 1. The number of benzene rings is 2. The summed E-state index contributed by atoms with van der Waals surface area (Å²) in [5.41, 5.74) is 5.42. The highest BCUT2D eigenvalue weighted by atomic mass is 32.2. The topological polar surface area (TPSA) is 29.1 Å². The van der Waals surface area contributed by atoms with Gasteiger partial charge in [0.2, 0.25) is 5.91 Å². The van der Waals surface area contributed by atoms with E-state index < -0.39 is 0 Å². The number of nitrogens with one attached hydrogen (secondary N) is 1. The summed E-state index contributed by atoms with van der Waals surface area (Å²) < 4.78 is 0. The molecule has 0 bridgehead atoms. The van der Waals surface area contributed by atoms with E-state index in [9.17, 15) is 4.79 Å². The molecular weight excluding hydrogens is 314 g/mol. The highest BCUT2D eigenvalue weighted by molar-refractivity contribution is 7.99. The van der Waals surface area contributed by atoms with E-state index in [4.69, 9.17) is 0 Å². The van der Waals surface area contributed by atoms with E-state index in [2.05, 4.69) is 61.6 Å². The standard InChI is InChI=1S/C21H25NOS/c1-15-6-10-20(11-7-15)24-13-12-21(23)22-16(2)18-9-8-17-4-3-5-19(17)14-18/h6-11,14,16H,3-5,12-13H2,1-2H3,(H,22,23)/t16-/m1/s1. The summed E-state index contributed by atoms with van der Waals surface area (Å²) in [7, 11) is 0. The largest absolute Gasteiger partial charge is 0.350 e. The second kappa shape index (κ2) is 7.89. The maximum Gasteiger partial charge on any atom is 0.221 e. The second-order valence-electron chi connectivity index (χ2n) is 6.58. The number of hydrogen-bond donors (Lipinski definition) is 1. The molecular formula is C21H25NOS. The van der Waals surface area contributed by atoms with Crippen LogP contribution in [0.4, 0.5) is 0 Å². The van der Waals surface area contributed by atoms with Gasteiger partial charge < -0.3 is 5.32 Å². The fraction of sp³-hybridized carbons (Fsp3) is 0.381. The third kappa shape index (κ3) is 4.41. The van der Waals surface area contributed by atoms with E-state index in [1.54, 1.807) is 11.8 Å². The number of fused-ring (bicyclic) bond motifs is 1. The van der Waals surface area contributed by atoms with Gasteiger partial charge in [0.15, 0.2) is 0 Å². The first kappa shape index (κ1) is 17.1. The molecule has 2 nitrogen and oxygen atoms in total. The third-order valence-corrected chi connectivity index (χ3v) is 5.63. The molecule has 2 aromatic rings. The van der Waals surface area contributed by atoms with Gasteiger partial charge >= 0.3 is 0 Å². The Labute approximate surface area is 149 Å². The van der Waals surface area contributed by atoms with Gasteiger partial charge in [0.25, 0.3) is 0 Å². The normalized spacial score (nSPS) is 14.2.